The van der Waals surface area contributed by atoms with Gasteiger partial charge in [-0.25, -0.2) is 0 Å². The van der Waals surface area contributed by atoms with E-state index in [0.717, 1.165) is 18.4 Å². The second kappa shape index (κ2) is 19.4. The van der Waals surface area contributed by atoms with Gasteiger partial charge in [0.1, 0.15) is 6.04 Å². The number of anilines is 2. The second-order valence-corrected chi connectivity index (χ2v) is 14.1. The predicted octanol–water partition coefficient (Wildman–Crippen LogP) is 4.90. The average Bonchev–Trinajstić information content (AvgIpc) is 3.58. The minimum Gasteiger partial charge on any atom is -0.399 e. The zero-order chi connectivity index (χ0) is 37.0. The zero-order valence-corrected chi connectivity index (χ0v) is 31.2. The lowest BCUT2D eigenvalue weighted by atomic mass is 9.90. The number of nitrogens with one attached hydrogen (secondary N) is 2. The summed E-state index contributed by atoms with van der Waals surface area (Å²) in [6.07, 6.45) is 1.97. The molecule has 4 amide bonds. The summed E-state index contributed by atoms with van der Waals surface area (Å²) < 4.78 is 11.9. The highest BCUT2D eigenvalue weighted by atomic mass is 16.5. The number of carbonyl (C=O) groups is 4. The summed E-state index contributed by atoms with van der Waals surface area (Å²) in [6.45, 7) is 10.5. The first-order chi connectivity index (χ1) is 23.8. The van der Waals surface area contributed by atoms with Gasteiger partial charge in [-0.05, 0) is 54.5 Å². The van der Waals surface area contributed by atoms with Gasteiger partial charge in [0.2, 0.25) is 23.6 Å². The standard InChI is InChI=1S/C39H59N5O6/c1-9-26(4)36(43(6)34(45)22-25(2)3)33(49-7)24-35(46)44-21-13-16-32(44)37(50-8)27(5)38(47)42-31(23-28-14-11-10-12-15-28)39(48)41-30-19-17-29(40)18-20-30/h10-12,14-15,17-20,25-27,31-33,36-37H,9,13,16,21-24,40H2,1-8H3,(H,41,48)(H,42,47)/t26?,27?,31-,32?,33+,36?,37+/m0/s1. The lowest BCUT2D eigenvalue weighted by Crippen LogP contribution is -2.54. The van der Waals surface area contributed by atoms with Crippen LogP contribution in [-0.4, -0.2) is 91.6 Å². The van der Waals surface area contributed by atoms with E-state index in [-0.39, 0.29) is 60.4 Å². The number of ether oxygens (including phenoxy) is 2. The maximum Gasteiger partial charge on any atom is 0.247 e. The molecule has 2 aromatic rings. The van der Waals surface area contributed by atoms with Crippen molar-refractivity contribution in [2.24, 2.45) is 17.8 Å². The molecule has 276 valence electrons. The van der Waals surface area contributed by atoms with Crippen LogP contribution >= 0.6 is 0 Å². The fraction of sp³-hybridized carbons (Fsp3) is 0.590. The van der Waals surface area contributed by atoms with Crippen LogP contribution in [0.3, 0.4) is 0 Å². The van der Waals surface area contributed by atoms with E-state index in [1.54, 1.807) is 57.4 Å². The molecule has 11 heteroatoms. The van der Waals surface area contributed by atoms with Crippen LogP contribution in [0.5, 0.6) is 0 Å². The molecule has 4 unspecified atom stereocenters. The molecule has 7 atom stereocenters. The van der Waals surface area contributed by atoms with Gasteiger partial charge in [0.25, 0.3) is 0 Å². The van der Waals surface area contributed by atoms with Crippen LogP contribution in [0.15, 0.2) is 54.6 Å². The molecule has 4 N–H and O–H groups in total. The van der Waals surface area contributed by atoms with Crippen LogP contribution in [0.4, 0.5) is 11.4 Å². The molecule has 1 aliphatic heterocycles. The van der Waals surface area contributed by atoms with E-state index in [9.17, 15) is 19.2 Å². The Hall–Kier alpha value is -3.96. The molecule has 3 rings (SSSR count). The van der Waals surface area contributed by atoms with Gasteiger partial charge in [0.15, 0.2) is 0 Å². The Kier molecular flexibility index (Phi) is 15.7. The van der Waals surface area contributed by atoms with Crippen LogP contribution in [0.2, 0.25) is 0 Å². The Bertz CT molecular complexity index is 1390. The molecule has 0 radical (unpaired) electrons. The zero-order valence-electron chi connectivity index (χ0n) is 31.2. The molecule has 50 heavy (non-hydrogen) atoms. The SMILES string of the molecule is CCC(C)C([C@@H](CC(=O)N1CCCC1[C@H](OC)C(C)C(=O)N[C@@H](Cc1ccccc1)C(=O)Nc1ccc(N)cc1)OC)N(C)C(=O)CC(C)C. The number of nitrogen functional groups attached to an aromatic ring is 1. The van der Waals surface area contributed by atoms with Crippen molar-refractivity contribution < 1.29 is 28.7 Å². The number of rotatable bonds is 18. The summed E-state index contributed by atoms with van der Waals surface area (Å²) >= 11 is 0. The maximum absolute atomic E-state index is 14.0. The summed E-state index contributed by atoms with van der Waals surface area (Å²) in [5.74, 6) is -1.12. The van der Waals surface area contributed by atoms with Gasteiger partial charge in [-0.2, -0.15) is 0 Å². The van der Waals surface area contributed by atoms with E-state index in [1.807, 2.05) is 49.1 Å². The normalized spacial score (nSPS) is 18.1. The third-order valence-electron chi connectivity index (χ3n) is 9.98. The van der Waals surface area contributed by atoms with Gasteiger partial charge in [0.05, 0.1) is 36.6 Å². The van der Waals surface area contributed by atoms with Crippen molar-refractivity contribution in [3.05, 3.63) is 60.2 Å². The summed E-state index contributed by atoms with van der Waals surface area (Å²) in [5.41, 5.74) is 7.86. The highest BCUT2D eigenvalue weighted by Crippen LogP contribution is 2.29. The van der Waals surface area contributed by atoms with E-state index in [2.05, 4.69) is 24.5 Å². The van der Waals surface area contributed by atoms with Crippen molar-refractivity contribution in [2.75, 3.05) is 38.9 Å². The van der Waals surface area contributed by atoms with Gasteiger partial charge >= 0.3 is 0 Å². The molecule has 1 aliphatic rings. The summed E-state index contributed by atoms with van der Waals surface area (Å²) in [7, 11) is 4.95. The molecule has 11 nitrogen and oxygen atoms in total. The highest BCUT2D eigenvalue weighted by molar-refractivity contribution is 5.97. The van der Waals surface area contributed by atoms with E-state index in [0.29, 0.717) is 30.8 Å². The molecule has 1 saturated heterocycles. The number of benzene rings is 2. The van der Waals surface area contributed by atoms with Gasteiger partial charge in [-0.15, -0.1) is 0 Å². The van der Waals surface area contributed by atoms with Crippen LogP contribution in [0, 0.1) is 17.8 Å². The fourth-order valence-electron chi connectivity index (χ4n) is 6.98. The Balaban J connectivity index is 1.77. The van der Waals surface area contributed by atoms with Crippen molar-refractivity contribution in [2.45, 2.75) is 103 Å². The monoisotopic (exact) mass is 693 g/mol. The molecular formula is C39H59N5O6. The number of methoxy groups -OCH3 is 2. The largest absolute Gasteiger partial charge is 0.399 e. The first kappa shape index (κ1) is 40.5. The van der Waals surface area contributed by atoms with Gasteiger partial charge in [-0.3, -0.25) is 19.2 Å². The minimum atomic E-state index is -0.862. The lowest BCUT2D eigenvalue weighted by Gasteiger charge is -2.39. The summed E-state index contributed by atoms with van der Waals surface area (Å²) in [5, 5.41) is 5.87. The van der Waals surface area contributed by atoms with Crippen molar-refractivity contribution >= 4 is 35.0 Å². The Morgan fingerprint density at radius 2 is 1.60 bits per heavy atom. The number of nitrogens with zero attached hydrogens (tertiary/aromatic N) is 2. The van der Waals surface area contributed by atoms with Crippen LogP contribution in [-0.2, 0) is 35.1 Å². The van der Waals surface area contributed by atoms with E-state index >= 15 is 0 Å². The number of carbonyl (C=O) groups excluding carboxylic acids is 4. The van der Waals surface area contributed by atoms with E-state index < -0.39 is 24.2 Å². The highest BCUT2D eigenvalue weighted by Gasteiger charge is 2.42. The molecule has 1 heterocycles. The number of likely N-dealkylation sites (tertiary alicyclic amines) is 1. The van der Waals surface area contributed by atoms with Gasteiger partial charge in [-0.1, -0.05) is 71.4 Å². The van der Waals surface area contributed by atoms with Crippen molar-refractivity contribution in [1.29, 1.82) is 0 Å². The topological polar surface area (TPSA) is 143 Å². The smallest absolute Gasteiger partial charge is 0.247 e. The third-order valence-corrected chi connectivity index (χ3v) is 9.98. The van der Waals surface area contributed by atoms with E-state index in [4.69, 9.17) is 15.2 Å². The maximum atomic E-state index is 14.0. The van der Waals surface area contributed by atoms with Crippen molar-refractivity contribution in [1.82, 2.24) is 15.1 Å². The molecule has 0 aliphatic carbocycles. The Labute approximate surface area is 298 Å². The predicted molar refractivity (Wildman–Crippen MR) is 197 cm³/mol. The summed E-state index contributed by atoms with van der Waals surface area (Å²) in [6, 6.07) is 14.9. The Morgan fingerprint density at radius 1 is 0.940 bits per heavy atom. The first-order valence-corrected chi connectivity index (χ1v) is 17.9. The first-order valence-electron chi connectivity index (χ1n) is 17.9. The van der Waals surface area contributed by atoms with Crippen LogP contribution in [0.25, 0.3) is 0 Å². The number of amides is 4. The van der Waals surface area contributed by atoms with Crippen LogP contribution < -0.4 is 16.4 Å². The van der Waals surface area contributed by atoms with Crippen molar-refractivity contribution in [3.63, 3.8) is 0 Å². The van der Waals surface area contributed by atoms with Crippen LogP contribution in [0.1, 0.15) is 72.3 Å². The Morgan fingerprint density at radius 3 is 2.18 bits per heavy atom. The summed E-state index contributed by atoms with van der Waals surface area (Å²) in [4.78, 5) is 58.1. The average molecular weight is 694 g/mol. The molecule has 0 spiro atoms. The van der Waals surface area contributed by atoms with E-state index in [1.165, 1.54) is 0 Å². The molecule has 0 bridgehead atoms. The third kappa shape index (κ3) is 11.0. The minimum absolute atomic E-state index is 0.0332. The fourth-order valence-corrected chi connectivity index (χ4v) is 6.98. The lowest BCUT2D eigenvalue weighted by molar-refractivity contribution is -0.146. The second-order valence-electron chi connectivity index (χ2n) is 14.1. The number of hydrogen-bond acceptors (Lipinski definition) is 7. The van der Waals surface area contributed by atoms with Gasteiger partial charge < -0.3 is 35.6 Å². The molecule has 0 saturated carbocycles. The van der Waals surface area contributed by atoms with Gasteiger partial charge in [0, 0.05) is 52.0 Å². The molecule has 0 aromatic heterocycles. The molecular weight excluding hydrogens is 634 g/mol. The number of hydrogen-bond donors (Lipinski definition) is 3. The molecule has 1 fully saturated rings. The number of nitrogens with two attached hydrogens (primary N) is 1. The van der Waals surface area contributed by atoms with Crippen molar-refractivity contribution in [3.8, 4) is 0 Å². The number of likely N-dealkylation sites (N-methyl/N-ethyl adjacent to an activating group) is 1. The molecule has 2 aromatic carbocycles. The quantitative estimate of drug-likeness (QED) is 0.189.